The second kappa shape index (κ2) is 4.31. The smallest absolute Gasteiger partial charge is 0.337 e. The number of carbonyl (C=O) groups excluding carboxylic acids is 1. The summed E-state index contributed by atoms with van der Waals surface area (Å²) in [4.78, 5) is 15.7. The first-order valence-electron chi connectivity index (χ1n) is 5.21. The predicted molar refractivity (Wildman–Crippen MR) is 62.5 cm³/mol. The number of aromatic nitrogens is 1. The zero-order chi connectivity index (χ0) is 11.5. The van der Waals surface area contributed by atoms with E-state index >= 15 is 0 Å². The number of hydrogen-bond donors (Lipinski definition) is 0. The fraction of sp³-hybridized carbons (Fsp3) is 0.231. The van der Waals surface area contributed by atoms with Gasteiger partial charge in [0.25, 0.3) is 0 Å². The molecular formula is C13H13NO2. The number of hydrogen-bond acceptors (Lipinski definition) is 3. The van der Waals surface area contributed by atoms with E-state index in [4.69, 9.17) is 0 Å². The van der Waals surface area contributed by atoms with Gasteiger partial charge in [0.05, 0.1) is 18.2 Å². The number of pyridine rings is 1. The lowest BCUT2D eigenvalue weighted by atomic mass is 10.1. The molecule has 0 saturated carbocycles. The van der Waals surface area contributed by atoms with E-state index in [0.29, 0.717) is 5.56 Å². The van der Waals surface area contributed by atoms with Crippen LogP contribution in [-0.4, -0.2) is 18.1 Å². The van der Waals surface area contributed by atoms with E-state index in [-0.39, 0.29) is 5.97 Å². The Morgan fingerprint density at radius 1 is 1.38 bits per heavy atom. The van der Waals surface area contributed by atoms with Crippen molar-refractivity contribution in [1.82, 2.24) is 4.98 Å². The summed E-state index contributed by atoms with van der Waals surface area (Å²) in [7, 11) is 1.38. The fourth-order valence-corrected chi connectivity index (χ4v) is 1.62. The molecule has 2 rings (SSSR count). The third kappa shape index (κ3) is 1.89. The van der Waals surface area contributed by atoms with Crippen LogP contribution >= 0.6 is 0 Å². The molecule has 0 saturated heterocycles. The van der Waals surface area contributed by atoms with Crippen LogP contribution in [0.2, 0.25) is 0 Å². The number of methoxy groups -OCH3 is 1. The number of carbonyl (C=O) groups is 1. The maximum Gasteiger partial charge on any atom is 0.337 e. The summed E-state index contributed by atoms with van der Waals surface area (Å²) < 4.78 is 4.68. The molecule has 3 heteroatoms. The van der Waals surface area contributed by atoms with Crippen molar-refractivity contribution in [3.05, 3.63) is 41.6 Å². The molecule has 0 N–H and O–H groups in total. The van der Waals surface area contributed by atoms with Gasteiger partial charge < -0.3 is 4.74 Å². The minimum atomic E-state index is -0.316. The van der Waals surface area contributed by atoms with Gasteiger partial charge in [0, 0.05) is 11.6 Å². The minimum absolute atomic E-state index is 0.316. The number of aryl methyl sites for hydroxylation is 1. The van der Waals surface area contributed by atoms with Crippen LogP contribution in [0.4, 0.5) is 0 Å². The van der Waals surface area contributed by atoms with E-state index in [1.807, 2.05) is 18.3 Å². The molecule has 0 radical (unpaired) electrons. The van der Waals surface area contributed by atoms with E-state index in [0.717, 1.165) is 22.9 Å². The first-order chi connectivity index (χ1) is 7.74. The van der Waals surface area contributed by atoms with E-state index < -0.39 is 0 Å². The number of nitrogens with zero attached hydrogens (tertiary/aromatic N) is 1. The highest BCUT2D eigenvalue weighted by Gasteiger charge is 2.06. The van der Waals surface area contributed by atoms with Crippen molar-refractivity contribution in [2.75, 3.05) is 7.11 Å². The molecule has 1 aromatic heterocycles. The zero-order valence-electron chi connectivity index (χ0n) is 9.36. The molecule has 0 amide bonds. The largest absolute Gasteiger partial charge is 0.465 e. The lowest BCUT2D eigenvalue weighted by Crippen LogP contribution is -2.00. The number of fused-ring (bicyclic) bond motifs is 1. The van der Waals surface area contributed by atoms with Crippen molar-refractivity contribution in [2.45, 2.75) is 13.3 Å². The third-order valence-corrected chi connectivity index (χ3v) is 2.57. The van der Waals surface area contributed by atoms with Crippen molar-refractivity contribution in [3.63, 3.8) is 0 Å². The second-order valence-corrected chi connectivity index (χ2v) is 3.60. The van der Waals surface area contributed by atoms with Gasteiger partial charge in [-0.2, -0.15) is 0 Å². The molecular weight excluding hydrogens is 202 g/mol. The van der Waals surface area contributed by atoms with Crippen LogP contribution in [0.15, 0.2) is 30.5 Å². The van der Waals surface area contributed by atoms with E-state index in [2.05, 4.69) is 22.7 Å². The highest BCUT2D eigenvalue weighted by Crippen LogP contribution is 2.16. The maximum absolute atomic E-state index is 11.4. The van der Waals surface area contributed by atoms with Gasteiger partial charge >= 0.3 is 5.97 Å². The molecule has 0 bridgehead atoms. The van der Waals surface area contributed by atoms with E-state index in [9.17, 15) is 4.79 Å². The summed E-state index contributed by atoms with van der Waals surface area (Å²) in [5, 5.41) is 0.974. The molecule has 0 fully saturated rings. The normalized spacial score (nSPS) is 10.4. The summed E-state index contributed by atoms with van der Waals surface area (Å²) in [5.41, 5.74) is 2.62. The van der Waals surface area contributed by atoms with Crippen LogP contribution in [0.1, 0.15) is 22.8 Å². The fourth-order valence-electron chi connectivity index (χ4n) is 1.62. The quantitative estimate of drug-likeness (QED) is 0.723. The van der Waals surface area contributed by atoms with Gasteiger partial charge in [-0.1, -0.05) is 6.92 Å². The van der Waals surface area contributed by atoms with Gasteiger partial charge in [-0.3, -0.25) is 4.98 Å². The first kappa shape index (κ1) is 10.6. The average Bonchev–Trinajstić information content (AvgIpc) is 2.36. The summed E-state index contributed by atoms with van der Waals surface area (Å²) in [5.74, 6) is -0.316. The molecule has 16 heavy (non-hydrogen) atoms. The Bertz CT molecular complexity index is 534. The van der Waals surface area contributed by atoms with Crippen LogP contribution in [0.25, 0.3) is 10.9 Å². The third-order valence-electron chi connectivity index (χ3n) is 2.57. The van der Waals surface area contributed by atoms with Crippen LogP contribution in [0, 0.1) is 0 Å². The van der Waals surface area contributed by atoms with Crippen molar-refractivity contribution in [2.24, 2.45) is 0 Å². The summed E-state index contributed by atoms with van der Waals surface area (Å²) in [6.07, 6.45) is 2.80. The predicted octanol–water partition coefficient (Wildman–Crippen LogP) is 2.58. The van der Waals surface area contributed by atoms with Gasteiger partial charge in [0.2, 0.25) is 0 Å². The van der Waals surface area contributed by atoms with E-state index in [1.54, 1.807) is 6.07 Å². The molecule has 0 aliphatic rings. The molecule has 0 aliphatic carbocycles. The van der Waals surface area contributed by atoms with Crippen molar-refractivity contribution in [1.29, 1.82) is 0 Å². The number of benzene rings is 1. The average molecular weight is 215 g/mol. The topological polar surface area (TPSA) is 39.2 Å². The summed E-state index contributed by atoms with van der Waals surface area (Å²) in [6.45, 7) is 2.08. The van der Waals surface area contributed by atoms with Crippen LogP contribution in [0.3, 0.4) is 0 Å². The van der Waals surface area contributed by atoms with Crippen molar-refractivity contribution < 1.29 is 9.53 Å². The maximum atomic E-state index is 11.4. The van der Waals surface area contributed by atoms with Crippen molar-refractivity contribution in [3.8, 4) is 0 Å². The SMILES string of the molecule is CCc1cnc2ccc(C(=O)OC)cc2c1. The van der Waals surface area contributed by atoms with Gasteiger partial charge in [-0.25, -0.2) is 4.79 Å². The highest BCUT2D eigenvalue weighted by atomic mass is 16.5. The Kier molecular flexibility index (Phi) is 2.86. The molecule has 0 spiro atoms. The Hall–Kier alpha value is -1.90. The number of esters is 1. The Balaban J connectivity index is 2.54. The summed E-state index contributed by atoms with van der Waals surface area (Å²) in [6, 6.07) is 7.43. The zero-order valence-corrected chi connectivity index (χ0v) is 9.36. The second-order valence-electron chi connectivity index (χ2n) is 3.60. The van der Waals surface area contributed by atoms with Crippen LogP contribution in [-0.2, 0) is 11.2 Å². The van der Waals surface area contributed by atoms with Gasteiger partial charge in [-0.15, -0.1) is 0 Å². The minimum Gasteiger partial charge on any atom is -0.465 e. The van der Waals surface area contributed by atoms with E-state index in [1.165, 1.54) is 7.11 Å². The van der Waals surface area contributed by atoms with Crippen LogP contribution in [0.5, 0.6) is 0 Å². The van der Waals surface area contributed by atoms with Gasteiger partial charge in [-0.05, 0) is 36.2 Å². The number of ether oxygens (including phenoxy) is 1. The molecule has 0 atom stereocenters. The Morgan fingerprint density at radius 2 is 2.19 bits per heavy atom. The Morgan fingerprint density at radius 3 is 2.88 bits per heavy atom. The lowest BCUT2D eigenvalue weighted by molar-refractivity contribution is 0.0601. The highest BCUT2D eigenvalue weighted by molar-refractivity contribution is 5.94. The molecule has 0 unspecified atom stereocenters. The van der Waals surface area contributed by atoms with Gasteiger partial charge in [0.15, 0.2) is 0 Å². The molecule has 1 aromatic carbocycles. The molecule has 82 valence electrons. The molecule has 0 aliphatic heterocycles. The summed E-state index contributed by atoms with van der Waals surface area (Å²) >= 11 is 0. The number of rotatable bonds is 2. The molecule has 1 heterocycles. The molecule has 2 aromatic rings. The molecule has 3 nitrogen and oxygen atoms in total. The standard InChI is InChI=1S/C13H13NO2/c1-3-9-6-11-7-10(13(15)16-2)4-5-12(11)14-8-9/h4-8H,3H2,1-2H3. The monoisotopic (exact) mass is 215 g/mol. The lowest BCUT2D eigenvalue weighted by Gasteiger charge is -2.03. The Labute approximate surface area is 94.1 Å². The van der Waals surface area contributed by atoms with Crippen molar-refractivity contribution >= 4 is 16.9 Å². The first-order valence-corrected chi connectivity index (χ1v) is 5.21. The van der Waals surface area contributed by atoms with Crippen LogP contribution < -0.4 is 0 Å². The van der Waals surface area contributed by atoms with Gasteiger partial charge in [0.1, 0.15) is 0 Å².